The zero-order valence-corrected chi connectivity index (χ0v) is 14.3. The number of hydrogen-bond donors (Lipinski definition) is 0. The number of amides is 1. The number of hydrogen-bond acceptors (Lipinski definition) is 4. The highest BCUT2D eigenvalue weighted by atomic mass is 16.5. The highest BCUT2D eigenvalue weighted by molar-refractivity contribution is 5.97. The van der Waals surface area contributed by atoms with Gasteiger partial charge in [-0.25, -0.2) is 9.97 Å². The van der Waals surface area contributed by atoms with Gasteiger partial charge < -0.3 is 9.64 Å². The van der Waals surface area contributed by atoms with Crippen molar-refractivity contribution in [2.45, 2.75) is 40.7 Å². The van der Waals surface area contributed by atoms with Gasteiger partial charge in [-0.1, -0.05) is 11.6 Å². The summed E-state index contributed by atoms with van der Waals surface area (Å²) in [6, 6.07) is 5.74. The van der Waals surface area contributed by atoms with Crippen molar-refractivity contribution in [1.82, 2.24) is 14.9 Å². The van der Waals surface area contributed by atoms with Crippen molar-refractivity contribution in [3.63, 3.8) is 0 Å². The molecule has 122 valence electrons. The van der Waals surface area contributed by atoms with Crippen molar-refractivity contribution in [3.05, 3.63) is 47.5 Å². The number of aromatic nitrogens is 2. The van der Waals surface area contributed by atoms with Crippen molar-refractivity contribution >= 4 is 5.91 Å². The fourth-order valence-electron chi connectivity index (χ4n) is 2.39. The first-order valence-corrected chi connectivity index (χ1v) is 7.80. The van der Waals surface area contributed by atoms with Gasteiger partial charge in [0.15, 0.2) is 5.75 Å². The predicted molar refractivity (Wildman–Crippen MR) is 89.9 cm³/mol. The van der Waals surface area contributed by atoms with Crippen LogP contribution in [0.25, 0.3) is 0 Å². The van der Waals surface area contributed by atoms with Gasteiger partial charge in [0.25, 0.3) is 5.91 Å². The molecular formula is C18H23N3O2. The Morgan fingerprint density at radius 2 is 2.00 bits per heavy atom. The molecule has 1 amide bonds. The van der Waals surface area contributed by atoms with E-state index in [-0.39, 0.29) is 11.9 Å². The van der Waals surface area contributed by atoms with Crippen LogP contribution in [-0.4, -0.2) is 33.4 Å². The minimum absolute atomic E-state index is 0.0318. The average molecular weight is 313 g/mol. The quantitative estimate of drug-likeness (QED) is 0.843. The van der Waals surface area contributed by atoms with Crippen molar-refractivity contribution in [2.75, 3.05) is 6.54 Å². The van der Waals surface area contributed by atoms with E-state index in [9.17, 15) is 4.79 Å². The lowest BCUT2D eigenvalue weighted by atomic mass is 10.1. The number of carbonyl (C=O) groups excluding carboxylic acids is 1. The van der Waals surface area contributed by atoms with Crippen molar-refractivity contribution in [3.8, 4) is 11.5 Å². The summed E-state index contributed by atoms with van der Waals surface area (Å²) < 4.78 is 5.92. The van der Waals surface area contributed by atoms with Gasteiger partial charge in [0.05, 0.1) is 17.5 Å². The topological polar surface area (TPSA) is 55.3 Å². The van der Waals surface area contributed by atoms with E-state index in [0.29, 0.717) is 23.6 Å². The summed E-state index contributed by atoms with van der Waals surface area (Å²) in [5.41, 5.74) is 2.31. The normalized spacial score (nSPS) is 10.7. The monoisotopic (exact) mass is 313 g/mol. The highest BCUT2D eigenvalue weighted by Crippen LogP contribution is 2.28. The van der Waals surface area contributed by atoms with E-state index < -0.39 is 0 Å². The van der Waals surface area contributed by atoms with Crippen LogP contribution in [0.1, 0.15) is 42.4 Å². The summed E-state index contributed by atoms with van der Waals surface area (Å²) in [6.07, 6.45) is 3.08. The maximum atomic E-state index is 12.9. The Morgan fingerprint density at radius 3 is 2.61 bits per heavy atom. The molecule has 5 heteroatoms. The standard InChI is InChI=1S/C18H23N3O2/c1-6-21(12(2)3)18(22)15-9-13(4)7-8-16(15)23-17-10-19-11-20-14(17)5/h7-12H,6H2,1-5H3. The Bertz CT molecular complexity index is 698. The maximum Gasteiger partial charge on any atom is 0.257 e. The van der Waals surface area contributed by atoms with Crippen molar-refractivity contribution < 1.29 is 9.53 Å². The largest absolute Gasteiger partial charge is 0.453 e. The zero-order valence-electron chi connectivity index (χ0n) is 14.3. The Balaban J connectivity index is 2.42. The van der Waals surface area contributed by atoms with E-state index >= 15 is 0 Å². The Morgan fingerprint density at radius 1 is 1.26 bits per heavy atom. The van der Waals surface area contributed by atoms with Gasteiger partial charge in [0.1, 0.15) is 12.1 Å². The van der Waals surface area contributed by atoms with Crippen LogP contribution in [-0.2, 0) is 0 Å². The smallest absolute Gasteiger partial charge is 0.257 e. The number of rotatable bonds is 5. The number of carbonyl (C=O) groups is 1. The van der Waals surface area contributed by atoms with Crippen LogP contribution < -0.4 is 4.74 Å². The average Bonchev–Trinajstić information content (AvgIpc) is 2.51. The second-order valence-electron chi connectivity index (χ2n) is 5.76. The summed E-state index contributed by atoms with van der Waals surface area (Å²) in [6.45, 7) is 10.4. The molecule has 0 bridgehead atoms. The summed E-state index contributed by atoms with van der Waals surface area (Å²) in [5.74, 6) is 1.05. The fourth-order valence-corrected chi connectivity index (χ4v) is 2.39. The molecule has 0 radical (unpaired) electrons. The molecule has 0 spiro atoms. The van der Waals surface area contributed by atoms with Crippen LogP contribution in [0.4, 0.5) is 0 Å². The summed E-state index contributed by atoms with van der Waals surface area (Å²) in [5, 5.41) is 0. The first kappa shape index (κ1) is 16.9. The SMILES string of the molecule is CCN(C(=O)c1cc(C)ccc1Oc1cncnc1C)C(C)C. The van der Waals surface area contributed by atoms with E-state index in [4.69, 9.17) is 4.74 Å². The molecule has 0 aliphatic heterocycles. The molecule has 0 saturated heterocycles. The Kier molecular flexibility index (Phi) is 5.32. The van der Waals surface area contributed by atoms with E-state index in [2.05, 4.69) is 9.97 Å². The van der Waals surface area contributed by atoms with Gasteiger partial charge >= 0.3 is 0 Å². The summed E-state index contributed by atoms with van der Waals surface area (Å²) in [4.78, 5) is 22.8. The number of aryl methyl sites for hydroxylation is 2. The zero-order chi connectivity index (χ0) is 17.0. The molecule has 1 aromatic heterocycles. The summed E-state index contributed by atoms with van der Waals surface area (Å²) in [7, 11) is 0. The third kappa shape index (κ3) is 3.86. The van der Waals surface area contributed by atoms with E-state index in [1.165, 1.54) is 6.33 Å². The molecule has 1 heterocycles. The Hall–Kier alpha value is -2.43. The van der Waals surface area contributed by atoms with Crippen molar-refractivity contribution in [2.24, 2.45) is 0 Å². The molecule has 0 N–H and O–H groups in total. The first-order chi connectivity index (χ1) is 10.9. The molecule has 0 aliphatic carbocycles. The van der Waals surface area contributed by atoms with Gasteiger partial charge in [-0.2, -0.15) is 0 Å². The molecule has 23 heavy (non-hydrogen) atoms. The van der Waals surface area contributed by atoms with E-state index in [1.807, 2.05) is 57.7 Å². The maximum absolute atomic E-state index is 12.9. The lowest BCUT2D eigenvalue weighted by molar-refractivity contribution is 0.0714. The molecule has 1 aromatic carbocycles. The molecule has 2 rings (SSSR count). The minimum Gasteiger partial charge on any atom is -0.453 e. The Labute approximate surface area is 137 Å². The molecule has 5 nitrogen and oxygen atoms in total. The second kappa shape index (κ2) is 7.22. The lowest BCUT2D eigenvalue weighted by Crippen LogP contribution is -2.36. The number of nitrogens with zero attached hydrogens (tertiary/aromatic N) is 3. The molecule has 2 aromatic rings. The van der Waals surface area contributed by atoms with Crippen LogP contribution in [0.3, 0.4) is 0 Å². The van der Waals surface area contributed by atoms with Gasteiger partial charge in [-0.15, -0.1) is 0 Å². The van der Waals surface area contributed by atoms with Crippen LogP contribution in [0.5, 0.6) is 11.5 Å². The molecular weight excluding hydrogens is 290 g/mol. The lowest BCUT2D eigenvalue weighted by Gasteiger charge is -2.26. The second-order valence-corrected chi connectivity index (χ2v) is 5.76. The number of benzene rings is 1. The van der Waals surface area contributed by atoms with Gasteiger partial charge in [-0.3, -0.25) is 4.79 Å². The van der Waals surface area contributed by atoms with E-state index in [0.717, 1.165) is 11.3 Å². The predicted octanol–water partition coefficient (Wildman–Crippen LogP) is 3.76. The molecule has 0 aliphatic rings. The van der Waals surface area contributed by atoms with Crippen molar-refractivity contribution in [1.29, 1.82) is 0 Å². The van der Waals surface area contributed by atoms with Gasteiger partial charge in [0, 0.05) is 12.6 Å². The third-order valence-corrected chi connectivity index (χ3v) is 3.68. The molecule has 0 atom stereocenters. The van der Waals surface area contributed by atoms with E-state index in [1.54, 1.807) is 6.20 Å². The first-order valence-electron chi connectivity index (χ1n) is 7.80. The minimum atomic E-state index is -0.0318. The van der Waals surface area contributed by atoms with Gasteiger partial charge in [0.2, 0.25) is 0 Å². The summed E-state index contributed by atoms with van der Waals surface area (Å²) >= 11 is 0. The number of ether oxygens (including phenoxy) is 1. The van der Waals surface area contributed by atoms with Gasteiger partial charge in [-0.05, 0) is 46.8 Å². The van der Waals surface area contributed by atoms with Crippen LogP contribution >= 0.6 is 0 Å². The van der Waals surface area contributed by atoms with Crippen LogP contribution in [0.2, 0.25) is 0 Å². The highest BCUT2D eigenvalue weighted by Gasteiger charge is 2.21. The van der Waals surface area contributed by atoms with Crippen LogP contribution in [0.15, 0.2) is 30.7 Å². The molecule has 0 saturated carbocycles. The fraction of sp³-hybridized carbons (Fsp3) is 0.389. The third-order valence-electron chi connectivity index (χ3n) is 3.68. The molecule has 0 unspecified atom stereocenters. The molecule has 0 fully saturated rings. The van der Waals surface area contributed by atoms with Crippen LogP contribution in [0, 0.1) is 13.8 Å².